The number of aryl methyl sites for hydroxylation is 1. The highest BCUT2D eigenvalue weighted by Crippen LogP contribution is 2.27. The number of para-hydroxylation sites is 1. The minimum absolute atomic E-state index is 0.00928. The molecule has 1 heterocycles. The Hall–Kier alpha value is -5.97. The van der Waals surface area contributed by atoms with E-state index in [0.717, 1.165) is 11.2 Å². The van der Waals surface area contributed by atoms with Gasteiger partial charge < -0.3 is 25.1 Å². The summed E-state index contributed by atoms with van der Waals surface area (Å²) < 4.78 is 10.5. The number of nitrogens with zero attached hydrogens (tertiary/aromatic N) is 2. The van der Waals surface area contributed by atoms with E-state index in [2.05, 4.69) is 15.6 Å². The van der Waals surface area contributed by atoms with Gasteiger partial charge in [0.2, 0.25) is 0 Å². The minimum atomic E-state index is -0.624. The number of amides is 2. The molecule has 0 aliphatic carbocycles. The second kappa shape index (κ2) is 14.0. The van der Waals surface area contributed by atoms with Gasteiger partial charge in [-0.25, -0.2) is 9.78 Å². The molecule has 0 spiro atoms. The highest BCUT2D eigenvalue weighted by Gasteiger charge is 2.21. The summed E-state index contributed by atoms with van der Waals surface area (Å²) in [5.74, 6) is 0.271. The van der Waals surface area contributed by atoms with Gasteiger partial charge in [0.05, 0.1) is 31.1 Å². The Morgan fingerprint density at radius 1 is 0.889 bits per heavy atom. The van der Waals surface area contributed by atoms with E-state index in [1.807, 2.05) is 31.2 Å². The van der Waals surface area contributed by atoms with Crippen LogP contribution in [0.5, 0.6) is 5.75 Å². The fourth-order valence-electron chi connectivity index (χ4n) is 4.62. The van der Waals surface area contributed by atoms with Crippen molar-refractivity contribution in [1.29, 1.82) is 5.41 Å². The molecule has 0 radical (unpaired) electrons. The number of benzene rings is 4. The largest absolute Gasteiger partial charge is 0.469 e. The summed E-state index contributed by atoms with van der Waals surface area (Å²) >= 11 is 0. The van der Waals surface area contributed by atoms with Crippen molar-refractivity contribution < 1.29 is 23.9 Å². The van der Waals surface area contributed by atoms with Crippen molar-refractivity contribution in [3.8, 4) is 5.75 Å². The molecule has 0 bridgehead atoms. The Morgan fingerprint density at radius 3 is 2.27 bits per heavy atom. The molecule has 11 heteroatoms. The second-order valence-electron chi connectivity index (χ2n) is 10.1. The van der Waals surface area contributed by atoms with Crippen molar-refractivity contribution in [2.45, 2.75) is 19.9 Å². The predicted molar refractivity (Wildman–Crippen MR) is 172 cm³/mol. The smallest absolute Gasteiger partial charge is 0.419 e. The summed E-state index contributed by atoms with van der Waals surface area (Å²) in [5, 5.41) is 14.2. The normalized spacial score (nSPS) is 10.6. The summed E-state index contributed by atoms with van der Waals surface area (Å²) in [6.07, 6.45) is -0.606. The van der Waals surface area contributed by atoms with Gasteiger partial charge in [-0.1, -0.05) is 36.4 Å². The number of carbonyl (C=O) groups is 3. The van der Waals surface area contributed by atoms with Gasteiger partial charge in [-0.05, 0) is 67.6 Å². The van der Waals surface area contributed by atoms with E-state index in [0.29, 0.717) is 46.0 Å². The van der Waals surface area contributed by atoms with E-state index >= 15 is 0 Å². The topological polar surface area (TPSA) is 150 Å². The van der Waals surface area contributed by atoms with Crippen LogP contribution in [-0.4, -0.2) is 47.4 Å². The highest BCUT2D eigenvalue weighted by molar-refractivity contribution is 6.11. The maximum absolute atomic E-state index is 13.2. The molecule has 0 aliphatic heterocycles. The van der Waals surface area contributed by atoms with Crippen molar-refractivity contribution >= 4 is 46.2 Å². The van der Waals surface area contributed by atoms with Crippen LogP contribution in [0.3, 0.4) is 0 Å². The van der Waals surface area contributed by atoms with Crippen LogP contribution in [0, 0.1) is 12.3 Å². The quantitative estimate of drug-likeness (QED) is 0.0893. The van der Waals surface area contributed by atoms with Crippen LogP contribution < -0.4 is 20.3 Å². The third-order valence-corrected chi connectivity index (χ3v) is 7.07. The molecule has 11 nitrogen and oxygen atoms in total. The number of aromatic amines is 1. The van der Waals surface area contributed by atoms with Crippen molar-refractivity contribution in [3.63, 3.8) is 0 Å². The Balaban J connectivity index is 1.22. The van der Waals surface area contributed by atoms with Crippen LogP contribution in [-0.2, 0) is 16.1 Å². The van der Waals surface area contributed by atoms with E-state index in [1.165, 1.54) is 12.0 Å². The fraction of sp³-hybridized carbons (Fsp3) is 0.147. The number of esters is 1. The van der Waals surface area contributed by atoms with Crippen molar-refractivity contribution in [2.24, 2.45) is 0 Å². The van der Waals surface area contributed by atoms with E-state index in [1.54, 1.807) is 72.8 Å². The first kappa shape index (κ1) is 30.5. The van der Waals surface area contributed by atoms with Crippen LogP contribution in [0.4, 0.5) is 16.2 Å². The Morgan fingerprint density at radius 2 is 1.58 bits per heavy atom. The lowest BCUT2D eigenvalue weighted by Gasteiger charge is -2.22. The van der Waals surface area contributed by atoms with Gasteiger partial charge in [0, 0.05) is 34.6 Å². The van der Waals surface area contributed by atoms with Crippen molar-refractivity contribution in [3.05, 3.63) is 120 Å². The van der Waals surface area contributed by atoms with Crippen LogP contribution in [0.2, 0.25) is 0 Å². The molecule has 228 valence electrons. The number of methoxy groups -OCH3 is 1. The Kier molecular flexibility index (Phi) is 9.49. The van der Waals surface area contributed by atoms with Gasteiger partial charge in [-0.15, -0.1) is 0 Å². The number of aromatic nitrogens is 2. The third kappa shape index (κ3) is 7.52. The van der Waals surface area contributed by atoms with Crippen LogP contribution in [0.1, 0.15) is 33.7 Å². The number of imidazole rings is 1. The molecular weight excluding hydrogens is 572 g/mol. The first-order valence-corrected chi connectivity index (χ1v) is 14.2. The Bertz CT molecular complexity index is 1820. The Labute approximate surface area is 259 Å². The van der Waals surface area contributed by atoms with Gasteiger partial charge >= 0.3 is 12.1 Å². The van der Waals surface area contributed by atoms with Crippen molar-refractivity contribution in [2.75, 3.05) is 23.9 Å². The fourth-order valence-corrected chi connectivity index (χ4v) is 4.62. The number of H-pyrrole nitrogens is 1. The molecule has 0 atom stereocenters. The maximum atomic E-state index is 13.2. The highest BCUT2D eigenvalue weighted by atomic mass is 16.6. The van der Waals surface area contributed by atoms with Crippen LogP contribution >= 0.6 is 0 Å². The molecule has 4 aromatic carbocycles. The van der Waals surface area contributed by atoms with Gasteiger partial charge in [0.25, 0.3) is 5.91 Å². The number of anilines is 2. The maximum Gasteiger partial charge on any atom is 0.419 e. The summed E-state index contributed by atoms with van der Waals surface area (Å²) in [7, 11) is 1.30. The van der Waals surface area contributed by atoms with Crippen LogP contribution in [0.25, 0.3) is 11.0 Å². The van der Waals surface area contributed by atoms with E-state index < -0.39 is 12.1 Å². The first-order chi connectivity index (χ1) is 21.8. The van der Waals surface area contributed by atoms with E-state index in [4.69, 9.17) is 19.9 Å². The molecule has 2 amide bonds. The number of rotatable bonds is 10. The molecule has 0 saturated carbocycles. The lowest BCUT2D eigenvalue weighted by molar-refractivity contribution is -0.140. The molecule has 4 N–H and O–H groups in total. The number of ether oxygens (including phenoxy) is 2. The average Bonchev–Trinajstić information content (AvgIpc) is 3.50. The standard InChI is InChI=1S/C34H32N6O5/c1-22-28(45-34(43)40(20-19-30(41)44-2)26-11-7-4-8-12-26)18-17-27-31(22)38-29(37-27)21-36-25-15-13-23(14-16-25)32(35)39-33(42)24-9-5-3-6-10-24/h3-18,36H,19-21H2,1-2H3,(H,37,38)(H2,35,39,42). The number of amidine groups is 1. The number of hydrogen-bond donors (Lipinski definition) is 4. The second-order valence-corrected chi connectivity index (χ2v) is 10.1. The average molecular weight is 605 g/mol. The molecule has 0 saturated heterocycles. The number of carbonyl (C=O) groups excluding carboxylic acids is 3. The zero-order valence-corrected chi connectivity index (χ0v) is 24.8. The van der Waals surface area contributed by atoms with Gasteiger partial charge in [0.1, 0.15) is 17.4 Å². The number of fused-ring (bicyclic) bond motifs is 1. The van der Waals surface area contributed by atoms with Gasteiger partial charge in [0.15, 0.2) is 0 Å². The SMILES string of the molecule is COC(=O)CCN(C(=O)Oc1ccc2[nH]c(CNc3ccc(C(=N)NC(=O)c4ccccc4)cc3)nc2c1C)c1ccccc1. The predicted octanol–water partition coefficient (Wildman–Crippen LogP) is 5.81. The van der Waals surface area contributed by atoms with Crippen LogP contribution in [0.15, 0.2) is 97.1 Å². The third-order valence-electron chi connectivity index (χ3n) is 7.07. The zero-order chi connectivity index (χ0) is 31.8. The summed E-state index contributed by atoms with van der Waals surface area (Å²) in [4.78, 5) is 46.7. The molecule has 0 unspecified atom stereocenters. The number of hydrogen-bond acceptors (Lipinski definition) is 8. The molecule has 5 rings (SSSR count). The lowest BCUT2D eigenvalue weighted by atomic mass is 10.1. The summed E-state index contributed by atoms with van der Waals surface area (Å²) in [6.45, 7) is 2.31. The first-order valence-electron chi connectivity index (χ1n) is 14.2. The summed E-state index contributed by atoms with van der Waals surface area (Å²) in [6, 6.07) is 28.4. The number of nitrogens with one attached hydrogen (secondary N) is 4. The zero-order valence-electron chi connectivity index (χ0n) is 24.8. The molecule has 1 aromatic heterocycles. The molecule has 0 fully saturated rings. The minimum Gasteiger partial charge on any atom is -0.469 e. The molecule has 5 aromatic rings. The van der Waals surface area contributed by atoms with Gasteiger partial charge in [-0.3, -0.25) is 19.9 Å². The van der Waals surface area contributed by atoms with E-state index in [9.17, 15) is 14.4 Å². The lowest BCUT2D eigenvalue weighted by Crippen LogP contribution is -2.35. The van der Waals surface area contributed by atoms with Crippen molar-refractivity contribution in [1.82, 2.24) is 15.3 Å². The monoisotopic (exact) mass is 604 g/mol. The molecule has 0 aliphatic rings. The summed E-state index contributed by atoms with van der Waals surface area (Å²) in [5.41, 5.74) is 4.59. The molecular formula is C34H32N6O5. The van der Waals surface area contributed by atoms with Gasteiger partial charge in [-0.2, -0.15) is 0 Å². The molecule has 45 heavy (non-hydrogen) atoms. The van der Waals surface area contributed by atoms with E-state index in [-0.39, 0.29) is 24.7 Å².